The van der Waals surface area contributed by atoms with Crippen LogP contribution in [0, 0.1) is 0 Å². The molecule has 1 unspecified atom stereocenters. The summed E-state index contributed by atoms with van der Waals surface area (Å²) in [5.41, 5.74) is 0.709. The highest BCUT2D eigenvalue weighted by Crippen LogP contribution is 2.32. The van der Waals surface area contributed by atoms with Crippen molar-refractivity contribution < 1.29 is 9.59 Å². The lowest BCUT2D eigenvalue weighted by atomic mass is 9.86. The lowest BCUT2D eigenvalue weighted by Gasteiger charge is -2.49. The number of anilines is 1. The first-order valence-electron chi connectivity index (χ1n) is 9.97. The Morgan fingerprint density at radius 2 is 1.79 bits per heavy atom. The number of nitrogens with zero attached hydrogens (tertiary/aromatic N) is 3. The Kier molecular flexibility index (Phi) is 4.98. The van der Waals surface area contributed by atoms with Gasteiger partial charge in [-0.2, -0.15) is 0 Å². The molecule has 2 aromatic rings. The fourth-order valence-corrected chi connectivity index (χ4v) is 4.46. The Labute approximate surface area is 166 Å². The van der Waals surface area contributed by atoms with Gasteiger partial charge in [0.25, 0.3) is 0 Å². The zero-order valence-corrected chi connectivity index (χ0v) is 16.6. The summed E-state index contributed by atoms with van der Waals surface area (Å²) in [4.78, 5) is 31.3. The summed E-state index contributed by atoms with van der Waals surface area (Å²) in [5, 5.41) is 5.27. The third-order valence-electron chi connectivity index (χ3n) is 6.46. The van der Waals surface area contributed by atoms with Crippen LogP contribution in [0.15, 0.2) is 42.5 Å². The number of likely N-dealkylation sites (N-methyl/N-ethyl adjacent to an activating group) is 1. The minimum Gasteiger partial charge on any atom is -0.346 e. The highest BCUT2D eigenvalue weighted by Gasteiger charge is 2.43. The van der Waals surface area contributed by atoms with E-state index in [0.717, 1.165) is 42.4 Å². The quantitative estimate of drug-likeness (QED) is 0.827. The average molecular weight is 380 g/mol. The molecular formula is C22H28N4O2. The molecular weight excluding hydrogens is 352 g/mol. The topological polar surface area (TPSA) is 55.9 Å². The van der Waals surface area contributed by atoms with Crippen LogP contribution in [-0.4, -0.2) is 72.5 Å². The van der Waals surface area contributed by atoms with Crippen molar-refractivity contribution in [1.29, 1.82) is 0 Å². The molecule has 2 heterocycles. The fraction of sp³-hybridized carbons (Fsp3) is 0.455. The molecule has 3 amide bonds. The number of carbonyl (C=O) groups is 2. The van der Waals surface area contributed by atoms with E-state index in [1.807, 2.05) is 47.2 Å². The van der Waals surface area contributed by atoms with Gasteiger partial charge in [-0.1, -0.05) is 36.4 Å². The van der Waals surface area contributed by atoms with Crippen LogP contribution in [0.4, 0.5) is 10.5 Å². The standard InChI is InChI=1S/C22H28N4O2/c1-24-13-12-22(11-10-20(24)27)16-26(15-14-25(22)2)21(28)23-19-9-5-7-17-6-3-4-8-18(17)19/h3-9H,10-16H2,1-2H3,(H,23,28). The molecule has 4 rings (SSSR count). The van der Waals surface area contributed by atoms with Crippen LogP contribution in [0.3, 0.4) is 0 Å². The molecule has 28 heavy (non-hydrogen) atoms. The molecule has 0 radical (unpaired) electrons. The van der Waals surface area contributed by atoms with Crippen LogP contribution in [0.5, 0.6) is 0 Å². The number of nitrogens with one attached hydrogen (secondary N) is 1. The number of urea groups is 1. The molecule has 2 fully saturated rings. The van der Waals surface area contributed by atoms with E-state index in [4.69, 9.17) is 0 Å². The third-order valence-corrected chi connectivity index (χ3v) is 6.46. The Hall–Kier alpha value is -2.60. The Morgan fingerprint density at radius 3 is 2.64 bits per heavy atom. The van der Waals surface area contributed by atoms with Gasteiger partial charge in [0.2, 0.25) is 5.91 Å². The molecule has 0 bridgehead atoms. The zero-order chi connectivity index (χ0) is 19.7. The molecule has 0 aromatic heterocycles. The molecule has 0 aliphatic carbocycles. The van der Waals surface area contributed by atoms with Crippen molar-refractivity contribution >= 4 is 28.4 Å². The first-order valence-corrected chi connectivity index (χ1v) is 9.97. The predicted octanol–water partition coefficient (Wildman–Crippen LogP) is 3.00. The van der Waals surface area contributed by atoms with Crippen molar-refractivity contribution in [3.63, 3.8) is 0 Å². The number of rotatable bonds is 1. The van der Waals surface area contributed by atoms with E-state index >= 15 is 0 Å². The number of fused-ring (bicyclic) bond motifs is 1. The van der Waals surface area contributed by atoms with Crippen molar-refractivity contribution in [3.8, 4) is 0 Å². The molecule has 2 saturated heterocycles. The van der Waals surface area contributed by atoms with Gasteiger partial charge in [-0.15, -0.1) is 0 Å². The monoisotopic (exact) mass is 380 g/mol. The number of hydrogen-bond donors (Lipinski definition) is 1. The summed E-state index contributed by atoms with van der Waals surface area (Å²) in [6.45, 7) is 2.91. The van der Waals surface area contributed by atoms with Crippen LogP contribution in [0.2, 0.25) is 0 Å². The van der Waals surface area contributed by atoms with E-state index in [-0.39, 0.29) is 17.5 Å². The lowest BCUT2D eigenvalue weighted by Crippen LogP contribution is -2.62. The lowest BCUT2D eigenvalue weighted by molar-refractivity contribution is -0.129. The molecule has 1 atom stereocenters. The summed E-state index contributed by atoms with van der Waals surface area (Å²) in [6.07, 6.45) is 2.23. The molecule has 2 aliphatic rings. The van der Waals surface area contributed by atoms with Gasteiger partial charge in [0.15, 0.2) is 0 Å². The normalized spacial score (nSPS) is 23.9. The van der Waals surface area contributed by atoms with Gasteiger partial charge in [0.05, 0.1) is 5.69 Å². The van der Waals surface area contributed by atoms with Crippen LogP contribution in [0.1, 0.15) is 19.3 Å². The number of piperazine rings is 1. The molecule has 2 aromatic carbocycles. The van der Waals surface area contributed by atoms with Crippen LogP contribution >= 0.6 is 0 Å². The van der Waals surface area contributed by atoms with Gasteiger partial charge in [-0.25, -0.2) is 4.79 Å². The number of likely N-dealkylation sites (tertiary alicyclic amines) is 1. The third kappa shape index (κ3) is 3.44. The second kappa shape index (κ2) is 7.43. The maximum atomic E-state index is 13.1. The van der Waals surface area contributed by atoms with Crippen molar-refractivity contribution in [2.24, 2.45) is 0 Å². The van der Waals surface area contributed by atoms with E-state index in [2.05, 4.69) is 29.4 Å². The molecule has 6 nitrogen and oxygen atoms in total. The zero-order valence-electron chi connectivity index (χ0n) is 16.6. The van der Waals surface area contributed by atoms with Crippen LogP contribution in [-0.2, 0) is 4.79 Å². The summed E-state index contributed by atoms with van der Waals surface area (Å²) in [6, 6.07) is 14.0. The average Bonchev–Trinajstić information content (AvgIpc) is 2.85. The van der Waals surface area contributed by atoms with Crippen LogP contribution in [0.25, 0.3) is 10.8 Å². The van der Waals surface area contributed by atoms with Gasteiger partial charge in [0.1, 0.15) is 0 Å². The second-order valence-electron chi connectivity index (χ2n) is 8.09. The largest absolute Gasteiger partial charge is 0.346 e. The first kappa shape index (κ1) is 18.7. The number of hydrogen-bond acceptors (Lipinski definition) is 3. The molecule has 0 saturated carbocycles. The van der Waals surface area contributed by atoms with Gasteiger partial charge in [-0.3, -0.25) is 9.69 Å². The van der Waals surface area contributed by atoms with Crippen LogP contribution < -0.4 is 5.32 Å². The maximum Gasteiger partial charge on any atom is 0.321 e. The minimum atomic E-state index is -0.130. The highest BCUT2D eigenvalue weighted by molar-refractivity contribution is 6.01. The maximum absolute atomic E-state index is 13.1. The molecule has 6 heteroatoms. The molecule has 2 aliphatic heterocycles. The fourth-order valence-electron chi connectivity index (χ4n) is 4.46. The van der Waals surface area contributed by atoms with Gasteiger partial charge in [0, 0.05) is 50.6 Å². The minimum absolute atomic E-state index is 0.0623. The summed E-state index contributed by atoms with van der Waals surface area (Å²) in [7, 11) is 3.99. The highest BCUT2D eigenvalue weighted by atomic mass is 16.2. The molecule has 1 spiro atoms. The van der Waals surface area contributed by atoms with Gasteiger partial charge >= 0.3 is 6.03 Å². The van der Waals surface area contributed by atoms with Crippen molar-refractivity contribution in [1.82, 2.24) is 14.7 Å². The van der Waals surface area contributed by atoms with E-state index < -0.39 is 0 Å². The molecule has 1 N–H and O–H groups in total. The predicted molar refractivity (Wildman–Crippen MR) is 111 cm³/mol. The summed E-state index contributed by atoms with van der Waals surface area (Å²) >= 11 is 0. The Balaban J connectivity index is 1.52. The van der Waals surface area contributed by atoms with Crippen molar-refractivity contribution in [2.45, 2.75) is 24.8 Å². The van der Waals surface area contributed by atoms with Gasteiger partial charge < -0.3 is 15.1 Å². The first-order chi connectivity index (χ1) is 13.5. The van der Waals surface area contributed by atoms with E-state index in [9.17, 15) is 9.59 Å². The molecule has 148 valence electrons. The van der Waals surface area contributed by atoms with E-state index in [1.54, 1.807) is 0 Å². The SMILES string of the molecule is CN1CCC2(CCC1=O)CN(C(=O)Nc1cccc3ccccc13)CCN2C. The number of benzene rings is 2. The van der Waals surface area contributed by atoms with Crippen molar-refractivity contribution in [3.05, 3.63) is 42.5 Å². The summed E-state index contributed by atoms with van der Waals surface area (Å²) < 4.78 is 0. The Bertz CT molecular complexity index is 894. The second-order valence-corrected chi connectivity index (χ2v) is 8.09. The van der Waals surface area contributed by atoms with E-state index in [1.165, 1.54) is 0 Å². The van der Waals surface area contributed by atoms with Crippen molar-refractivity contribution in [2.75, 3.05) is 45.6 Å². The summed E-state index contributed by atoms with van der Waals surface area (Å²) in [5.74, 6) is 0.197. The number of amides is 3. The number of carbonyl (C=O) groups excluding carboxylic acids is 2. The van der Waals surface area contributed by atoms with Gasteiger partial charge in [-0.05, 0) is 31.3 Å². The smallest absolute Gasteiger partial charge is 0.321 e. The Morgan fingerprint density at radius 1 is 1.00 bits per heavy atom. The van der Waals surface area contributed by atoms with E-state index in [0.29, 0.717) is 19.5 Å².